The van der Waals surface area contributed by atoms with Crippen LogP contribution in [-0.4, -0.2) is 55.8 Å². The van der Waals surface area contributed by atoms with Gasteiger partial charge in [0.15, 0.2) is 17.5 Å². The Bertz CT molecular complexity index is 631. The molecule has 0 aliphatic carbocycles. The van der Waals surface area contributed by atoms with E-state index in [-0.39, 0.29) is 24.0 Å². The van der Waals surface area contributed by atoms with Gasteiger partial charge in [-0.3, -0.25) is 0 Å². The van der Waals surface area contributed by atoms with Crippen molar-refractivity contribution in [1.82, 2.24) is 15.5 Å². The molecule has 1 fully saturated rings. The lowest BCUT2D eigenvalue weighted by atomic mass is 10.0. The fourth-order valence-electron chi connectivity index (χ4n) is 3.55. The van der Waals surface area contributed by atoms with Gasteiger partial charge in [0.05, 0.1) is 19.8 Å². The SMILES string of the molecule is CCNC(=NCc1ccc2c(c1)OCCCO2)NC1CCN(C(C)C)CC1.I. The fourth-order valence-corrected chi connectivity index (χ4v) is 3.55. The van der Waals surface area contributed by atoms with Crippen LogP contribution in [0.5, 0.6) is 11.5 Å². The zero-order valence-electron chi connectivity index (χ0n) is 17.4. The number of hydrogen-bond acceptors (Lipinski definition) is 4. The van der Waals surface area contributed by atoms with Crippen molar-refractivity contribution in [3.63, 3.8) is 0 Å². The number of nitrogens with one attached hydrogen (secondary N) is 2. The number of likely N-dealkylation sites (tertiary alicyclic amines) is 1. The van der Waals surface area contributed by atoms with Gasteiger partial charge in [0.25, 0.3) is 0 Å². The van der Waals surface area contributed by atoms with E-state index in [1.54, 1.807) is 0 Å². The summed E-state index contributed by atoms with van der Waals surface area (Å²) in [5, 5.41) is 6.99. The number of guanidine groups is 1. The van der Waals surface area contributed by atoms with Crippen molar-refractivity contribution in [3.8, 4) is 11.5 Å². The van der Waals surface area contributed by atoms with Crippen LogP contribution in [0.1, 0.15) is 45.6 Å². The van der Waals surface area contributed by atoms with Gasteiger partial charge in [0, 0.05) is 38.1 Å². The standard InChI is InChI=1S/C21H34N4O2.HI/c1-4-22-21(24-18-8-10-25(11-9-18)16(2)3)23-15-17-6-7-19-20(14-17)27-13-5-12-26-19;/h6-7,14,16,18H,4-5,8-13,15H2,1-3H3,(H2,22,23,24);1H. The Morgan fingerprint density at radius 2 is 1.89 bits per heavy atom. The second-order valence-electron chi connectivity index (χ2n) is 7.58. The molecule has 6 nitrogen and oxygen atoms in total. The molecule has 1 saturated heterocycles. The third-order valence-corrected chi connectivity index (χ3v) is 5.18. The third kappa shape index (κ3) is 6.69. The summed E-state index contributed by atoms with van der Waals surface area (Å²) < 4.78 is 11.5. The van der Waals surface area contributed by atoms with E-state index in [1.807, 2.05) is 6.07 Å². The van der Waals surface area contributed by atoms with E-state index in [4.69, 9.17) is 14.5 Å². The highest BCUT2D eigenvalue weighted by molar-refractivity contribution is 14.0. The Morgan fingerprint density at radius 1 is 1.18 bits per heavy atom. The Hall–Kier alpha value is -1.22. The Kier molecular flexibility index (Phi) is 9.64. The summed E-state index contributed by atoms with van der Waals surface area (Å²) in [5.41, 5.74) is 1.13. The molecule has 0 aromatic heterocycles. The first kappa shape index (κ1) is 23.1. The molecule has 0 unspecified atom stereocenters. The van der Waals surface area contributed by atoms with Crippen molar-refractivity contribution < 1.29 is 9.47 Å². The maximum absolute atomic E-state index is 5.78. The largest absolute Gasteiger partial charge is 0.490 e. The van der Waals surface area contributed by atoms with Crippen molar-refractivity contribution in [1.29, 1.82) is 0 Å². The lowest BCUT2D eigenvalue weighted by molar-refractivity contribution is 0.167. The number of piperidine rings is 1. The molecular formula is C21H35IN4O2. The van der Waals surface area contributed by atoms with Gasteiger partial charge in [-0.2, -0.15) is 0 Å². The topological polar surface area (TPSA) is 58.1 Å². The van der Waals surface area contributed by atoms with Gasteiger partial charge in [0.1, 0.15) is 0 Å². The van der Waals surface area contributed by atoms with Crippen LogP contribution in [0.3, 0.4) is 0 Å². The third-order valence-electron chi connectivity index (χ3n) is 5.18. The molecule has 158 valence electrons. The van der Waals surface area contributed by atoms with Gasteiger partial charge in [-0.1, -0.05) is 6.07 Å². The zero-order valence-corrected chi connectivity index (χ0v) is 19.7. The maximum atomic E-state index is 5.78. The van der Waals surface area contributed by atoms with Gasteiger partial charge in [-0.25, -0.2) is 4.99 Å². The van der Waals surface area contributed by atoms with E-state index in [9.17, 15) is 0 Å². The second kappa shape index (κ2) is 11.7. The first-order chi connectivity index (χ1) is 13.2. The van der Waals surface area contributed by atoms with Crippen molar-refractivity contribution >= 4 is 29.9 Å². The van der Waals surface area contributed by atoms with Gasteiger partial charge in [-0.05, 0) is 51.3 Å². The highest BCUT2D eigenvalue weighted by atomic mass is 127. The van der Waals surface area contributed by atoms with Crippen LogP contribution in [-0.2, 0) is 6.54 Å². The van der Waals surface area contributed by atoms with E-state index in [2.05, 4.69) is 48.4 Å². The number of aliphatic imine (C=N–C) groups is 1. The first-order valence-electron chi connectivity index (χ1n) is 10.3. The average Bonchev–Trinajstić information content (AvgIpc) is 2.91. The summed E-state index contributed by atoms with van der Waals surface area (Å²) in [6, 6.07) is 7.23. The number of ether oxygens (including phenoxy) is 2. The molecule has 0 atom stereocenters. The van der Waals surface area contributed by atoms with E-state index in [0.29, 0.717) is 31.8 Å². The minimum Gasteiger partial charge on any atom is -0.490 e. The molecule has 2 N–H and O–H groups in total. The molecule has 2 aliphatic rings. The summed E-state index contributed by atoms with van der Waals surface area (Å²) >= 11 is 0. The van der Waals surface area contributed by atoms with Crippen LogP contribution < -0.4 is 20.1 Å². The molecule has 2 aliphatic heterocycles. The first-order valence-corrected chi connectivity index (χ1v) is 10.3. The molecule has 3 rings (SSSR count). The monoisotopic (exact) mass is 502 g/mol. The zero-order chi connectivity index (χ0) is 19.1. The second-order valence-corrected chi connectivity index (χ2v) is 7.58. The number of nitrogens with zero attached hydrogens (tertiary/aromatic N) is 2. The minimum absolute atomic E-state index is 0. The number of benzene rings is 1. The molecule has 1 aromatic carbocycles. The van der Waals surface area contributed by atoms with Crippen molar-refractivity contribution in [2.24, 2.45) is 4.99 Å². The van der Waals surface area contributed by atoms with Crippen molar-refractivity contribution in [3.05, 3.63) is 23.8 Å². The van der Waals surface area contributed by atoms with Gasteiger partial charge >= 0.3 is 0 Å². The highest BCUT2D eigenvalue weighted by Crippen LogP contribution is 2.30. The number of fused-ring (bicyclic) bond motifs is 1. The van der Waals surface area contributed by atoms with Crippen LogP contribution in [0.4, 0.5) is 0 Å². The molecule has 0 bridgehead atoms. The van der Waals surface area contributed by atoms with Gasteiger partial charge < -0.3 is 25.0 Å². The molecule has 28 heavy (non-hydrogen) atoms. The lowest BCUT2D eigenvalue weighted by Gasteiger charge is -2.35. The molecule has 1 aromatic rings. The van der Waals surface area contributed by atoms with Crippen LogP contribution in [0.2, 0.25) is 0 Å². The smallest absolute Gasteiger partial charge is 0.191 e. The van der Waals surface area contributed by atoms with E-state index in [0.717, 1.165) is 61.9 Å². The fraction of sp³-hybridized carbons (Fsp3) is 0.667. The Balaban J connectivity index is 0.00000280. The predicted molar refractivity (Wildman–Crippen MR) is 125 cm³/mol. The summed E-state index contributed by atoms with van der Waals surface area (Å²) in [6.45, 7) is 11.9. The minimum atomic E-state index is 0. The lowest BCUT2D eigenvalue weighted by Crippen LogP contribution is -2.49. The van der Waals surface area contributed by atoms with Crippen LogP contribution in [0, 0.1) is 0 Å². The van der Waals surface area contributed by atoms with Crippen molar-refractivity contribution in [2.75, 3.05) is 32.8 Å². The molecule has 0 radical (unpaired) electrons. The van der Waals surface area contributed by atoms with Gasteiger partial charge in [-0.15, -0.1) is 24.0 Å². The van der Waals surface area contributed by atoms with Crippen LogP contribution >= 0.6 is 24.0 Å². The van der Waals surface area contributed by atoms with Crippen molar-refractivity contribution in [2.45, 2.75) is 58.7 Å². The number of hydrogen-bond donors (Lipinski definition) is 2. The van der Waals surface area contributed by atoms with Crippen LogP contribution in [0.25, 0.3) is 0 Å². The normalized spacial score (nSPS) is 18.4. The van der Waals surface area contributed by atoms with E-state index < -0.39 is 0 Å². The molecule has 7 heteroatoms. The van der Waals surface area contributed by atoms with E-state index >= 15 is 0 Å². The summed E-state index contributed by atoms with van der Waals surface area (Å²) in [5.74, 6) is 2.56. The molecule has 2 heterocycles. The molecule has 0 spiro atoms. The molecule has 0 saturated carbocycles. The van der Waals surface area contributed by atoms with Crippen LogP contribution in [0.15, 0.2) is 23.2 Å². The molecular weight excluding hydrogens is 467 g/mol. The summed E-state index contributed by atoms with van der Waals surface area (Å²) in [4.78, 5) is 7.33. The van der Waals surface area contributed by atoms with Gasteiger partial charge in [0.2, 0.25) is 0 Å². The highest BCUT2D eigenvalue weighted by Gasteiger charge is 2.21. The summed E-state index contributed by atoms with van der Waals surface area (Å²) in [6.07, 6.45) is 3.24. The molecule has 0 amide bonds. The van der Waals surface area contributed by atoms with E-state index in [1.165, 1.54) is 0 Å². The quantitative estimate of drug-likeness (QED) is 0.368. The Morgan fingerprint density at radius 3 is 2.57 bits per heavy atom. The predicted octanol–water partition coefficient (Wildman–Crippen LogP) is 3.39. The Labute approximate surface area is 186 Å². The average molecular weight is 502 g/mol. The number of halogens is 1. The maximum Gasteiger partial charge on any atom is 0.191 e. The number of rotatable bonds is 5. The summed E-state index contributed by atoms with van der Waals surface area (Å²) in [7, 11) is 0.